The molecule has 0 aromatic heterocycles. The third kappa shape index (κ3) is 5.11. The molecule has 1 amide bonds. The number of hydrogen-bond donors (Lipinski definition) is 2. The molecule has 0 saturated heterocycles. The summed E-state index contributed by atoms with van der Waals surface area (Å²) < 4.78 is 0. The van der Waals surface area contributed by atoms with Gasteiger partial charge in [-0.2, -0.15) is 5.26 Å². The summed E-state index contributed by atoms with van der Waals surface area (Å²) in [6.07, 6.45) is 0. The summed E-state index contributed by atoms with van der Waals surface area (Å²) in [7, 11) is 0. The topological polar surface area (TPSA) is 64.9 Å². The number of nitrogens with zero attached hydrogens (tertiary/aromatic N) is 1. The Morgan fingerprint density at radius 3 is 2.37 bits per heavy atom. The van der Waals surface area contributed by atoms with Crippen molar-refractivity contribution in [1.29, 1.82) is 5.26 Å². The molecule has 1 atom stereocenters. The van der Waals surface area contributed by atoms with Crippen molar-refractivity contribution in [3.05, 3.63) is 35.4 Å². The van der Waals surface area contributed by atoms with Crippen molar-refractivity contribution in [2.75, 3.05) is 13.1 Å². The molecule has 0 bridgehead atoms. The van der Waals surface area contributed by atoms with E-state index in [9.17, 15) is 4.79 Å². The lowest BCUT2D eigenvalue weighted by Gasteiger charge is -2.15. The Labute approximate surface area is 114 Å². The molecule has 0 fully saturated rings. The number of nitriles is 1. The van der Waals surface area contributed by atoms with Gasteiger partial charge in [0, 0.05) is 25.0 Å². The SMILES string of the molecule is CC(C)C(=O)NCCNC(C)c1ccc(C#N)cc1. The van der Waals surface area contributed by atoms with Crippen LogP contribution in [0.2, 0.25) is 0 Å². The van der Waals surface area contributed by atoms with Gasteiger partial charge >= 0.3 is 0 Å². The zero-order chi connectivity index (χ0) is 14.3. The van der Waals surface area contributed by atoms with Crippen LogP contribution in [0.4, 0.5) is 0 Å². The van der Waals surface area contributed by atoms with Gasteiger partial charge in [0.2, 0.25) is 5.91 Å². The highest BCUT2D eigenvalue weighted by atomic mass is 16.1. The number of rotatable bonds is 6. The van der Waals surface area contributed by atoms with Gasteiger partial charge in [0.1, 0.15) is 0 Å². The maximum absolute atomic E-state index is 11.4. The van der Waals surface area contributed by atoms with E-state index >= 15 is 0 Å². The minimum absolute atomic E-state index is 0.0240. The average Bonchev–Trinajstić information content (AvgIpc) is 2.43. The second-order valence-corrected chi connectivity index (χ2v) is 4.86. The van der Waals surface area contributed by atoms with E-state index in [1.54, 1.807) is 0 Å². The molecule has 1 rings (SSSR count). The van der Waals surface area contributed by atoms with E-state index in [1.165, 1.54) is 0 Å². The maximum atomic E-state index is 11.4. The summed E-state index contributed by atoms with van der Waals surface area (Å²) in [6, 6.07) is 9.82. The molecule has 0 heterocycles. The lowest BCUT2D eigenvalue weighted by Crippen LogP contribution is -2.35. The van der Waals surface area contributed by atoms with E-state index in [0.717, 1.165) is 12.1 Å². The van der Waals surface area contributed by atoms with Crippen LogP contribution in [0.15, 0.2) is 24.3 Å². The highest BCUT2D eigenvalue weighted by Crippen LogP contribution is 2.12. The van der Waals surface area contributed by atoms with Gasteiger partial charge in [0.05, 0.1) is 11.6 Å². The zero-order valence-electron chi connectivity index (χ0n) is 11.7. The first-order valence-electron chi connectivity index (χ1n) is 6.55. The smallest absolute Gasteiger partial charge is 0.222 e. The first kappa shape index (κ1) is 15.2. The van der Waals surface area contributed by atoms with Crippen molar-refractivity contribution in [3.63, 3.8) is 0 Å². The molecule has 1 aromatic rings. The van der Waals surface area contributed by atoms with Crippen LogP contribution in [-0.4, -0.2) is 19.0 Å². The average molecular weight is 259 g/mol. The monoisotopic (exact) mass is 259 g/mol. The summed E-state index contributed by atoms with van der Waals surface area (Å²) >= 11 is 0. The largest absolute Gasteiger partial charge is 0.355 e. The van der Waals surface area contributed by atoms with Crippen LogP contribution in [-0.2, 0) is 4.79 Å². The second-order valence-electron chi connectivity index (χ2n) is 4.86. The van der Waals surface area contributed by atoms with Crippen LogP contribution >= 0.6 is 0 Å². The standard InChI is InChI=1S/C15H21N3O/c1-11(2)15(19)18-9-8-17-12(3)14-6-4-13(10-16)5-7-14/h4-7,11-12,17H,8-9H2,1-3H3,(H,18,19). The third-order valence-corrected chi connectivity index (χ3v) is 2.94. The van der Waals surface area contributed by atoms with Crippen molar-refractivity contribution < 1.29 is 4.79 Å². The van der Waals surface area contributed by atoms with Crippen LogP contribution in [0.1, 0.15) is 37.9 Å². The van der Waals surface area contributed by atoms with Crippen molar-refractivity contribution in [2.24, 2.45) is 5.92 Å². The zero-order valence-corrected chi connectivity index (χ0v) is 11.7. The van der Waals surface area contributed by atoms with Gasteiger partial charge in [0.15, 0.2) is 0 Å². The minimum Gasteiger partial charge on any atom is -0.355 e. The van der Waals surface area contributed by atoms with Gasteiger partial charge in [-0.1, -0.05) is 26.0 Å². The molecule has 0 aliphatic heterocycles. The van der Waals surface area contributed by atoms with Gasteiger partial charge in [0.25, 0.3) is 0 Å². The predicted octanol–water partition coefficient (Wildman–Crippen LogP) is 1.98. The maximum Gasteiger partial charge on any atom is 0.222 e. The van der Waals surface area contributed by atoms with E-state index in [4.69, 9.17) is 5.26 Å². The Bertz CT molecular complexity index is 445. The highest BCUT2D eigenvalue weighted by molar-refractivity contribution is 5.77. The number of benzene rings is 1. The summed E-state index contributed by atoms with van der Waals surface area (Å²) in [6.45, 7) is 7.16. The van der Waals surface area contributed by atoms with Gasteiger partial charge in [-0.3, -0.25) is 4.79 Å². The van der Waals surface area contributed by atoms with Gasteiger partial charge < -0.3 is 10.6 Å². The molecule has 1 aromatic carbocycles. The molecule has 0 saturated carbocycles. The van der Waals surface area contributed by atoms with Gasteiger partial charge in [-0.15, -0.1) is 0 Å². The number of carbonyl (C=O) groups excluding carboxylic acids is 1. The minimum atomic E-state index is 0.0240. The second kappa shape index (κ2) is 7.55. The molecular weight excluding hydrogens is 238 g/mol. The van der Waals surface area contributed by atoms with Crippen LogP contribution < -0.4 is 10.6 Å². The van der Waals surface area contributed by atoms with E-state index in [1.807, 2.05) is 38.1 Å². The van der Waals surface area contributed by atoms with Crippen LogP contribution in [0.5, 0.6) is 0 Å². The van der Waals surface area contributed by atoms with E-state index in [-0.39, 0.29) is 17.9 Å². The first-order valence-corrected chi connectivity index (χ1v) is 6.55. The third-order valence-electron chi connectivity index (χ3n) is 2.94. The van der Waals surface area contributed by atoms with Gasteiger partial charge in [-0.05, 0) is 24.6 Å². The van der Waals surface area contributed by atoms with Crippen molar-refractivity contribution in [2.45, 2.75) is 26.8 Å². The normalized spacial score (nSPS) is 11.9. The van der Waals surface area contributed by atoms with Crippen LogP contribution in [0.25, 0.3) is 0 Å². The summed E-state index contributed by atoms with van der Waals surface area (Å²) in [5.74, 6) is 0.101. The Morgan fingerprint density at radius 1 is 1.21 bits per heavy atom. The fraction of sp³-hybridized carbons (Fsp3) is 0.467. The van der Waals surface area contributed by atoms with E-state index in [2.05, 4.69) is 23.6 Å². The molecule has 4 heteroatoms. The number of nitrogens with one attached hydrogen (secondary N) is 2. The van der Waals surface area contributed by atoms with Crippen LogP contribution in [0, 0.1) is 17.2 Å². The molecule has 19 heavy (non-hydrogen) atoms. The molecule has 0 radical (unpaired) electrons. The summed E-state index contributed by atoms with van der Waals surface area (Å²) in [5, 5.41) is 14.9. The molecular formula is C15H21N3O. The Morgan fingerprint density at radius 2 is 1.84 bits per heavy atom. The lowest BCUT2D eigenvalue weighted by molar-refractivity contribution is -0.123. The van der Waals surface area contributed by atoms with Gasteiger partial charge in [-0.25, -0.2) is 0 Å². The first-order chi connectivity index (χ1) is 9.04. The Kier molecular flexibility index (Phi) is 6.04. The molecule has 0 aliphatic rings. The fourth-order valence-corrected chi connectivity index (χ4v) is 1.64. The van der Waals surface area contributed by atoms with Crippen molar-refractivity contribution in [3.8, 4) is 6.07 Å². The van der Waals surface area contributed by atoms with Crippen LogP contribution in [0.3, 0.4) is 0 Å². The predicted molar refractivity (Wildman–Crippen MR) is 75.4 cm³/mol. The number of hydrogen-bond acceptors (Lipinski definition) is 3. The van der Waals surface area contributed by atoms with Crippen molar-refractivity contribution >= 4 is 5.91 Å². The molecule has 0 spiro atoms. The molecule has 102 valence electrons. The Hall–Kier alpha value is -1.86. The molecule has 2 N–H and O–H groups in total. The Balaban J connectivity index is 2.33. The number of carbonyl (C=O) groups is 1. The quantitative estimate of drug-likeness (QED) is 0.768. The summed E-state index contributed by atoms with van der Waals surface area (Å²) in [5.41, 5.74) is 1.80. The molecule has 0 aliphatic carbocycles. The van der Waals surface area contributed by atoms with E-state index in [0.29, 0.717) is 12.1 Å². The molecule has 4 nitrogen and oxygen atoms in total. The lowest BCUT2D eigenvalue weighted by atomic mass is 10.1. The fourth-order valence-electron chi connectivity index (χ4n) is 1.64. The highest BCUT2D eigenvalue weighted by Gasteiger charge is 2.07. The summed E-state index contributed by atoms with van der Waals surface area (Å²) in [4.78, 5) is 11.4. The molecule has 1 unspecified atom stereocenters. The van der Waals surface area contributed by atoms with Crippen molar-refractivity contribution in [1.82, 2.24) is 10.6 Å². The number of amides is 1. The van der Waals surface area contributed by atoms with E-state index < -0.39 is 0 Å².